The van der Waals surface area contributed by atoms with Gasteiger partial charge in [0.05, 0.1) is 0 Å². The van der Waals surface area contributed by atoms with E-state index in [1.807, 2.05) is 41.7 Å². The second kappa shape index (κ2) is 7.62. The Morgan fingerprint density at radius 3 is 1.64 bits per heavy atom. The molecule has 0 aliphatic carbocycles. The Morgan fingerprint density at radius 2 is 1.50 bits per heavy atom. The lowest BCUT2D eigenvalue weighted by Gasteiger charge is -2.05. The molecule has 0 aliphatic rings. The summed E-state index contributed by atoms with van der Waals surface area (Å²) in [5.41, 5.74) is 0. The quantitative estimate of drug-likeness (QED) is 0.498. The molecule has 0 bridgehead atoms. The first kappa shape index (κ1) is 12.0. The van der Waals surface area contributed by atoms with Gasteiger partial charge in [0.25, 0.3) is 0 Å². The SMILES string of the molecule is CN(C)C(=O)NC#N.c1ccccc1. The predicted molar refractivity (Wildman–Crippen MR) is 54.3 cm³/mol. The van der Waals surface area contributed by atoms with Crippen LogP contribution in [0.2, 0.25) is 0 Å². The molecule has 4 heteroatoms. The number of rotatable bonds is 0. The zero-order valence-electron chi connectivity index (χ0n) is 8.27. The third-order valence-electron chi connectivity index (χ3n) is 1.24. The van der Waals surface area contributed by atoms with Crippen molar-refractivity contribution in [2.45, 2.75) is 0 Å². The van der Waals surface area contributed by atoms with E-state index < -0.39 is 6.03 Å². The lowest BCUT2D eigenvalue weighted by molar-refractivity contribution is 0.221. The molecule has 0 aromatic heterocycles. The van der Waals surface area contributed by atoms with Crippen LogP contribution in [-0.4, -0.2) is 25.0 Å². The van der Waals surface area contributed by atoms with Crippen LogP contribution in [-0.2, 0) is 0 Å². The number of carbonyl (C=O) groups is 1. The largest absolute Gasteiger partial charge is 0.330 e. The lowest BCUT2D eigenvalue weighted by atomic mass is 10.4. The van der Waals surface area contributed by atoms with Gasteiger partial charge in [-0.3, -0.25) is 0 Å². The van der Waals surface area contributed by atoms with Crippen molar-refractivity contribution >= 4 is 6.03 Å². The molecule has 1 aromatic rings. The van der Waals surface area contributed by atoms with E-state index in [9.17, 15) is 4.79 Å². The van der Waals surface area contributed by atoms with Crippen molar-refractivity contribution < 1.29 is 4.79 Å². The van der Waals surface area contributed by atoms with Gasteiger partial charge in [-0.05, 0) is 0 Å². The summed E-state index contributed by atoms with van der Waals surface area (Å²) < 4.78 is 0. The Labute approximate surface area is 83.8 Å². The van der Waals surface area contributed by atoms with Crippen molar-refractivity contribution in [2.24, 2.45) is 0 Å². The van der Waals surface area contributed by atoms with E-state index in [0.29, 0.717) is 0 Å². The maximum absolute atomic E-state index is 10.3. The topological polar surface area (TPSA) is 56.1 Å². The molecule has 1 rings (SSSR count). The highest BCUT2D eigenvalue weighted by molar-refractivity contribution is 5.74. The van der Waals surface area contributed by atoms with E-state index in [-0.39, 0.29) is 0 Å². The van der Waals surface area contributed by atoms with Crippen LogP contribution in [0.3, 0.4) is 0 Å². The number of benzene rings is 1. The number of nitriles is 1. The highest BCUT2D eigenvalue weighted by Gasteiger charge is 1.97. The fourth-order valence-corrected chi connectivity index (χ4v) is 0.545. The second-order valence-electron chi connectivity index (χ2n) is 2.59. The first-order valence-corrected chi connectivity index (χ1v) is 4.05. The zero-order chi connectivity index (χ0) is 10.8. The first-order valence-electron chi connectivity index (χ1n) is 4.05. The number of carbonyl (C=O) groups excluding carboxylic acids is 1. The number of hydrogen-bond donors (Lipinski definition) is 1. The number of amides is 2. The van der Waals surface area contributed by atoms with Crippen molar-refractivity contribution in [1.82, 2.24) is 10.2 Å². The van der Waals surface area contributed by atoms with E-state index >= 15 is 0 Å². The normalized spacial score (nSPS) is 7.50. The van der Waals surface area contributed by atoms with E-state index in [1.165, 1.54) is 11.1 Å². The van der Waals surface area contributed by atoms with E-state index in [1.54, 1.807) is 14.1 Å². The highest BCUT2D eigenvalue weighted by Crippen LogP contribution is 1.79. The Balaban J connectivity index is 0.000000249. The molecule has 74 valence electrons. The van der Waals surface area contributed by atoms with Crippen LogP contribution in [0.15, 0.2) is 36.4 Å². The van der Waals surface area contributed by atoms with Crippen LogP contribution >= 0.6 is 0 Å². The van der Waals surface area contributed by atoms with Crippen molar-refractivity contribution in [3.63, 3.8) is 0 Å². The van der Waals surface area contributed by atoms with Gasteiger partial charge in [0, 0.05) is 14.1 Å². The minimum atomic E-state index is -0.396. The van der Waals surface area contributed by atoms with Gasteiger partial charge in [-0.15, -0.1) is 0 Å². The van der Waals surface area contributed by atoms with Crippen LogP contribution in [0.5, 0.6) is 0 Å². The van der Waals surface area contributed by atoms with Gasteiger partial charge in [-0.25, -0.2) is 10.1 Å². The average molecular weight is 191 g/mol. The Hall–Kier alpha value is -2.02. The predicted octanol–water partition coefficient (Wildman–Crippen LogP) is 1.43. The summed E-state index contributed by atoms with van der Waals surface area (Å²) in [6, 6.07) is 11.6. The molecule has 0 spiro atoms. The van der Waals surface area contributed by atoms with Gasteiger partial charge in [0.2, 0.25) is 0 Å². The Kier molecular flexibility index (Phi) is 6.52. The second-order valence-corrected chi connectivity index (χ2v) is 2.59. The van der Waals surface area contributed by atoms with Crippen molar-refractivity contribution in [3.05, 3.63) is 36.4 Å². The van der Waals surface area contributed by atoms with Gasteiger partial charge in [0.1, 0.15) is 0 Å². The van der Waals surface area contributed by atoms with Crippen molar-refractivity contribution in [3.8, 4) is 6.19 Å². The third kappa shape index (κ3) is 6.68. The fourth-order valence-electron chi connectivity index (χ4n) is 0.545. The molecule has 0 saturated carbocycles. The molecule has 14 heavy (non-hydrogen) atoms. The molecule has 2 amide bonds. The maximum atomic E-state index is 10.3. The summed E-state index contributed by atoms with van der Waals surface area (Å²) in [5, 5.41) is 9.81. The van der Waals surface area contributed by atoms with Gasteiger partial charge < -0.3 is 4.90 Å². The number of nitrogens with one attached hydrogen (secondary N) is 1. The molecule has 0 unspecified atom stereocenters. The van der Waals surface area contributed by atoms with Crippen molar-refractivity contribution in [2.75, 3.05) is 14.1 Å². The van der Waals surface area contributed by atoms with Crippen molar-refractivity contribution in [1.29, 1.82) is 5.26 Å². The van der Waals surface area contributed by atoms with Gasteiger partial charge in [-0.1, -0.05) is 36.4 Å². The number of nitrogens with zero attached hydrogens (tertiary/aromatic N) is 2. The van der Waals surface area contributed by atoms with E-state index in [0.717, 1.165) is 0 Å². The van der Waals surface area contributed by atoms with Gasteiger partial charge >= 0.3 is 6.03 Å². The molecule has 1 N–H and O–H groups in total. The molecule has 0 atom stereocenters. The van der Waals surface area contributed by atoms with Crippen LogP contribution < -0.4 is 5.32 Å². The summed E-state index contributed by atoms with van der Waals surface area (Å²) >= 11 is 0. The molecule has 0 saturated heterocycles. The minimum Gasteiger partial charge on any atom is -0.330 e. The average Bonchev–Trinajstić information content (AvgIpc) is 2.21. The lowest BCUT2D eigenvalue weighted by Crippen LogP contribution is -2.30. The van der Waals surface area contributed by atoms with Crippen LogP contribution in [0.25, 0.3) is 0 Å². The van der Waals surface area contributed by atoms with Crippen LogP contribution in [0.4, 0.5) is 4.79 Å². The third-order valence-corrected chi connectivity index (χ3v) is 1.24. The molecule has 0 fully saturated rings. The smallest absolute Gasteiger partial charge is 0.330 e. The first-order chi connectivity index (χ1) is 6.68. The molecular formula is C10H13N3O. The van der Waals surface area contributed by atoms with Gasteiger partial charge in [-0.2, -0.15) is 5.26 Å². The Bertz CT molecular complexity index is 263. The van der Waals surface area contributed by atoms with Crippen LogP contribution in [0, 0.1) is 11.5 Å². The Morgan fingerprint density at radius 1 is 1.14 bits per heavy atom. The molecule has 0 radical (unpaired) electrons. The summed E-state index contributed by atoms with van der Waals surface area (Å²) in [5.74, 6) is 0. The summed E-state index contributed by atoms with van der Waals surface area (Å²) in [7, 11) is 3.12. The van der Waals surface area contributed by atoms with Gasteiger partial charge in [0.15, 0.2) is 6.19 Å². The molecule has 0 aliphatic heterocycles. The molecule has 0 heterocycles. The zero-order valence-corrected chi connectivity index (χ0v) is 8.27. The highest BCUT2D eigenvalue weighted by atomic mass is 16.2. The van der Waals surface area contributed by atoms with Crippen LogP contribution in [0.1, 0.15) is 0 Å². The molecular weight excluding hydrogens is 178 g/mol. The monoisotopic (exact) mass is 191 g/mol. The van der Waals surface area contributed by atoms with E-state index in [2.05, 4.69) is 0 Å². The summed E-state index contributed by atoms with van der Waals surface area (Å²) in [4.78, 5) is 11.6. The standard InChI is InChI=1S/C6H6.C4H7N3O/c1-2-4-6-5-3-1;1-7(2)4(8)6-3-5/h1-6H;1-2H3,(H,6,8). The summed E-state index contributed by atoms with van der Waals surface area (Å²) in [6.45, 7) is 0. The molecule has 4 nitrogen and oxygen atoms in total. The van der Waals surface area contributed by atoms with E-state index in [4.69, 9.17) is 5.26 Å². The maximum Gasteiger partial charge on any atom is 0.330 e. The summed E-state index contributed by atoms with van der Waals surface area (Å²) in [6.07, 6.45) is 1.51. The number of urea groups is 1. The molecule has 1 aromatic carbocycles. The minimum absolute atomic E-state index is 0.396. The number of hydrogen-bond acceptors (Lipinski definition) is 2. The fraction of sp³-hybridized carbons (Fsp3) is 0.200.